The number of amides is 1. The van der Waals surface area contributed by atoms with Crippen molar-refractivity contribution >= 4 is 40.0 Å². The van der Waals surface area contributed by atoms with Crippen molar-refractivity contribution in [3.05, 3.63) is 59.5 Å². The van der Waals surface area contributed by atoms with E-state index in [4.69, 9.17) is 11.6 Å². The van der Waals surface area contributed by atoms with E-state index in [9.17, 15) is 4.79 Å². The number of piperazine rings is 1. The maximum atomic E-state index is 13.0. The van der Waals surface area contributed by atoms with Crippen LogP contribution in [-0.4, -0.2) is 69.0 Å². The van der Waals surface area contributed by atoms with Gasteiger partial charge in [0, 0.05) is 56.6 Å². The van der Waals surface area contributed by atoms with Crippen molar-refractivity contribution < 1.29 is 4.79 Å². The van der Waals surface area contributed by atoms with Crippen LogP contribution >= 0.6 is 11.6 Å². The van der Waals surface area contributed by atoms with E-state index in [1.54, 1.807) is 23.0 Å². The predicted molar refractivity (Wildman–Crippen MR) is 129 cm³/mol. The number of rotatable bonds is 4. The lowest BCUT2D eigenvalue weighted by atomic mass is 10.1. The van der Waals surface area contributed by atoms with E-state index in [2.05, 4.69) is 42.4 Å². The molecule has 4 aromatic rings. The fraction of sp³-hybridized carbons (Fsp3) is 0.261. The number of nitrogens with one attached hydrogen (secondary N) is 1. The molecule has 1 saturated heterocycles. The number of fused-ring (bicyclic) bond motifs is 1. The molecule has 5 rings (SSSR count). The summed E-state index contributed by atoms with van der Waals surface area (Å²) in [4.78, 5) is 21.8. The molecule has 1 fully saturated rings. The van der Waals surface area contributed by atoms with E-state index >= 15 is 0 Å². The standard InChI is InChI=1S/C23H23ClN8O/c1-30-7-9-32(10-8-30)22-21(24)18(5-6-25-22)23(33)27-20-12-16-11-15(3-4-19(16)28-29-20)17-13-26-31(2)14-17/h3-6,11-14H,7-10H2,1-2H3,(H,27,29,33). The monoisotopic (exact) mass is 462 g/mol. The van der Waals surface area contributed by atoms with Crippen molar-refractivity contribution in [1.29, 1.82) is 0 Å². The number of carbonyl (C=O) groups excluding carboxylic acids is 1. The number of aryl methyl sites for hydroxylation is 1. The zero-order valence-corrected chi connectivity index (χ0v) is 19.1. The number of hydrogen-bond donors (Lipinski definition) is 1. The van der Waals surface area contributed by atoms with Crippen molar-refractivity contribution in [2.45, 2.75) is 0 Å². The van der Waals surface area contributed by atoms with E-state index < -0.39 is 0 Å². The average Bonchev–Trinajstić information content (AvgIpc) is 3.25. The minimum atomic E-state index is -0.352. The molecule has 0 radical (unpaired) electrons. The lowest BCUT2D eigenvalue weighted by Gasteiger charge is -2.33. The summed E-state index contributed by atoms with van der Waals surface area (Å²) in [5, 5.41) is 16.7. The van der Waals surface area contributed by atoms with Crippen molar-refractivity contribution in [3.63, 3.8) is 0 Å². The Hall–Kier alpha value is -3.56. The highest BCUT2D eigenvalue weighted by molar-refractivity contribution is 6.36. The number of carbonyl (C=O) groups is 1. The molecule has 0 atom stereocenters. The molecule has 9 nitrogen and oxygen atoms in total. The summed E-state index contributed by atoms with van der Waals surface area (Å²) < 4.78 is 1.75. The van der Waals surface area contributed by atoms with Gasteiger partial charge in [-0.15, -0.1) is 10.2 Å². The van der Waals surface area contributed by atoms with Gasteiger partial charge in [-0.05, 0) is 36.9 Å². The second-order valence-corrected chi connectivity index (χ2v) is 8.52. The van der Waals surface area contributed by atoms with Crippen molar-refractivity contribution in [2.75, 3.05) is 43.4 Å². The number of likely N-dealkylation sites (N-methyl/N-ethyl adjacent to an activating group) is 1. The molecule has 1 amide bonds. The number of benzene rings is 1. The molecule has 0 spiro atoms. The Morgan fingerprint density at radius 3 is 2.61 bits per heavy atom. The quantitative estimate of drug-likeness (QED) is 0.498. The first-order valence-corrected chi connectivity index (χ1v) is 11.0. The Morgan fingerprint density at radius 1 is 1.03 bits per heavy atom. The maximum absolute atomic E-state index is 13.0. The van der Waals surface area contributed by atoms with E-state index in [0.717, 1.165) is 48.2 Å². The highest BCUT2D eigenvalue weighted by Gasteiger charge is 2.22. The number of anilines is 2. The third kappa shape index (κ3) is 4.37. The van der Waals surface area contributed by atoms with Gasteiger partial charge in [0.1, 0.15) is 5.82 Å². The molecule has 168 valence electrons. The normalized spacial score (nSPS) is 14.6. The minimum absolute atomic E-state index is 0.340. The molecule has 4 heterocycles. The van der Waals surface area contributed by atoms with Gasteiger partial charge in [0.25, 0.3) is 5.91 Å². The van der Waals surface area contributed by atoms with Crippen LogP contribution in [0.1, 0.15) is 10.4 Å². The molecule has 0 aliphatic carbocycles. The molecule has 0 bridgehead atoms. The van der Waals surface area contributed by atoms with Crippen molar-refractivity contribution in [3.8, 4) is 11.1 Å². The molecule has 3 aromatic heterocycles. The highest BCUT2D eigenvalue weighted by atomic mass is 35.5. The van der Waals surface area contributed by atoms with Gasteiger partial charge in [-0.1, -0.05) is 17.7 Å². The minimum Gasteiger partial charge on any atom is -0.353 e. The van der Waals surface area contributed by atoms with Gasteiger partial charge in [0.2, 0.25) is 0 Å². The first-order chi connectivity index (χ1) is 16.0. The summed E-state index contributed by atoms with van der Waals surface area (Å²) >= 11 is 6.60. The van der Waals surface area contributed by atoms with Gasteiger partial charge in [-0.3, -0.25) is 9.48 Å². The first-order valence-electron chi connectivity index (χ1n) is 10.6. The van der Waals surface area contributed by atoms with E-state index in [0.29, 0.717) is 22.2 Å². The Labute approximate surface area is 196 Å². The summed E-state index contributed by atoms with van der Waals surface area (Å²) in [6, 6.07) is 9.30. The fourth-order valence-electron chi connectivity index (χ4n) is 3.89. The Balaban J connectivity index is 1.39. The van der Waals surface area contributed by atoms with Crippen LogP contribution in [0.15, 0.2) is 48.9 Å². The summed E-state index contributed by atoms with van der Waals surface area (Å²) in [5.74, 6) is 0.628. The molecule has 1 aliphatic heterocycles. The van der Waals surface area contributed by atoms with Crippen molar-refractivity contribution in [1.82, 2.24) is 29.9 Å². The SMILES string of the molecule is CN1CCN(c2nccc(C(=O)Nc3cc4cc(-c5cnn(C)c5)ccc4nn3)c2Cl)CC1. The van der Waals surface area contributed by atoms with E-state index in [-0.39, 0.29) is 5.91 Å². The summed E-state index contributed by atoms with van der Waals surface area (Å²) in [6.07, 6.45) is 5.37. The molecule has 0 saturated carbocycles. The third-order valence-corrected chi connectivity index (χ3v) is 6.16. The lowest BCUT2D eigenvalue weighted by Crippen LogP contribution is -2.45. The van der Waals surface area contributed by atoms with Crippen LogP contribution in [0.5, 0.6) is 0 Å². The molecule has 1 aromatic carbocycles. The summed E-state index contributed by atoms with van der Waals surface area (Å²) in [6.45, 7) is 3.46. The van der Waals surface area contributed by atoms with Gasteiger partial charge in [-0.2, -0.15) is 5.10 Å². The topological polar surface area (TPSA) is 92.1 Å². The Bertz CT molecular complexity index is 1330. The van der Waals surface area contributed by atoms with Crippen LogP contribution in [0.2, 0.25) is 5.02 Å². The van der Waals surface area contributed by atoms with Gasteiger partial charge >= 0.3 is 0 Å². The second-order valence-electron chi connectivity index (χ2n) is 8.15. The van der Waals surface area contributed by atoms with Crippen LogP contribution in [-0.2, 0) is 7.05 Å². The molecular weight excluding hydrogens is 440 g/mol. The summed E-state index contributed by atoms with van der Waals surface area (Å²) in [7, 11) is 3.96. The molecule has 1 aliphatic rings. The molecule has 1 N–H and O–H groups in total. The highest BCUT2D eigenvalue weighted by Crippen LogP contribution is 2.29. The average molecular weight is 463 g/mol. The summed E-state index contributed by atoms with van der Waals surface area (Å²) in [5.41, 5.74) is 3.10. The zero-order chi connectivity index (χ0) is 22.9. The number of pyridine rings is 1. The number of halogens is 1. The zero-order valence-electron chi connectivity index (χ0n) is 18.4. The maximum Gasteiger partial charge on any atom is 0.258 e. The molecule has 10 heteroatoms. The number of hydrogen-bond acceptors (Lipinski definition) is 7. The van der Waals surface area contributed by atoms with Gasteiger partial charge in [0.15, 0.2) is 5.82 Å². The van der Waals surface area contributed by atoms with Crippen LogP contribution in [0.4, 0.5) is 11.6 Å². The third-order valence-electron chi connectivity index (χ3n) is 5.78. The Kier molecular flexibility index (Phi) is 5.65. The largest absolute Gasteiger partial charge is 0.353 e. The van der Waals surface area contributed by atoms with E-state index in [1.165, 1.54) is 0 Å². The molecule has 0 unspecified atom stereocenters. The smallest absolute Gasteiger partial charge is 0.258 e. The van der Waals surface area contributed by atoms with Crippen LogP contribution in [0.25, 0.3) is 22.0 Å². The van der Waals surface area contributed by atoms with Crippen LogP contribution in [0, 0.1) is 0 Å². The van der Waals surface area contributed by atoms with Crippen LogP contribution in [0.3, 0.4) is 0 Å². The molecular formula is C23H23ClN8O. The van der Waals surface area contributed by atoms with Crippen LogP contribution < -0.4 is 10.2 Å². The van der Waals surface area contributed by atoms with E-state index in [1.807, 2.05) is 37.6 Å². The second kappa shape index (κ2) is 8.76. The molecule has 33 heavy (non-hydrogen) atoms. The number of aromatic nitrogens is 5. The van der Waals surface area contributed by atoms with Crippen molar-refractivity contribution in [2.24, 2.45) is 7.05 Å². The fourth-order valence-corrected chi connectivity index (χ4v) is 4.20. The number of nitrogens with zero attached hydrogens (tertiary/aromatic N) is 7. The van der Waals surface area contributed by atoms with Gasteiger partial charge in [-0.25, -0.2) is 4.98 Å². The predicted octanol–water partition coefficient (Wildman–Crippen LogP) is 3.08. The Morgan fingerprint density at radius 2 is 1.85 bits per heavy atom. The lowest BCUT2D eigenvalue weighted by molar-refractivity contribution is 0.102. The van der Waals surface area contributed by atoms with Gasteiger partial charge in [0.05, 0.1) is 22.3 Å². The first kappa shape index (κ1) is 21.3. The van der Waals surface area contributed by atoms with Gasteiger partial charge < -0.3 is 15.1 Å².